The highest BCUT2D eigenvalue weighted by Crippen LogP contribution is 2.29. The summed E-state index contributed by atoms with van der Waals surface area (Å²) in [5, 5.41) is 3.08. The second-order valence-corrected chi connectivity index (χ2v) is 7.11. The van der Waals surface area contributed by atoms with Crippen molar-refractivity contribution in [1.82, 2.24) is 15.3 Å². The van der Waals surface area contributed by atoms with E-state index in [1.54, 1.807) is 12.4 Å². The van der Waals surface area contributed by atoms with Gasteiger partial charge >= 0.3 is 0 Å². The standard InChI is InChI=1S/C23H24N4O/c1-17(18-8-3-2-4-9-18)26-23(28)20-11-7-10-19(16-20)21-22(25-13-12-24-21)27-14-5-6-15-27/h2-4,7-13,16-17H,5-6,14-15H2,1H3,(H,26,28)/t17-/m1/s1. The summed E-state index contributed by atoms with van der Waals surface area (Å²) in [5.41, 5.74) is 3.45. The van der Waals surface area contributed by atoms with Crippen molar-refractivity contribution in [3.05, 3.63) is 78.1 Å². The Hall–Kier alpha value is -3.21. The molecule has 1 amide bonds. The van der Waals surface area contributed by atoms with Crippen LogP contribution in [0, 0.1) is 0 Å². The van der Waals surface area contributed by atoms with E-state index >= 15 is 0 Å². The Morgan fingerprint density at radius 2 is 1.75 bits per heavy atom. The topological polar surface area (TPSA) is 58.1 Å². The fraction of sp³-hybridized carbons (Fsp3) is 0.261. The van der Waals surface area contributed by atoms with Crippen LogP contribution in [0.2, 0.25) is 0 Å². The van der Waals surface area contributed by atoms with E-state index in [1.807, 2.05) is 61.5 Å². The second-order valence-electron chi connectivity index (χ2n) is 7.11. The van der Waals surface area contributed by atoms with E-state index in [0.717, 1.165) is 35.7 Å². The van der Waals surface area contributed by atoms with Crippen LogP contribution in [0.5, 0.6) is 0 Å². The van der Waals surface area contributed by atoms with Gasteiger partial charge in [0.05, 0.1) is 6.04 Å². The number of nitrogens with zero attached hydrogens (tertiary/aromatic N) is 3. The predicted molar refractivity (Wildman–Crippen MR) is 111 cm³/mol. The highest BCUT2D eigenvalue weighted by Gasteiger charge is 2.19. The number of rotatable bonds is 5. The molecule has 4 rings (SSSR count). The number of carbonyl (C=O) groups is 1. The SMILES string of the molecule is C[C@@H](NC(=O)c1cccc(-c2nccnc2N2CCCC2)c1)c1ccccc1. The van der Waals surface area contributed by atoms with Crippen molar-refractivity contribution in [3.63, 3.8) is 0 Å². The van der Waals surface area contributed by atoms with E-state index in [4.69, 9.17) is 0 Å². The van der Waals surface area contributed by atoms with Gasteiger partial charge in [0.25, 0.3) is 5.91 Å². The van der Waals surface area contributed by atoms with E-state index in [1.165, 1.54) is 12.8 Å². The lowest BCUT2D eigenvalue weighted by atomic mass is 10.1. The summed E-state index contributed by atoms with van der Waals surface area (Å²) in [6, 6.07) is 17.5. The van der Waals surface area contributed by atoms with Crippen LogP contribution in [0.1, 0.15) is 41.7 Å². The smallest absolute Gasteiger partial charge is 0.251 e. The van der Waals surface area contributed by atoms with Crippen molar-refractivity contribution in [2.24, 2.45) is 0 Å². The molecule has 5 heteroatoms. The lowest BCUT2D eigenvalue weighted by Crippen LogP contribution is -2.26. The van der Waals surface area contributed by atoms with Gasteiger partial charge in [-0.3, -0.25) is 9.78 Å². The van der Waals surface area contributed by atoms with Crippen LogP contribution in [-0.4, -0.2) is 29.0 Å². The molecular formula is C23H24N4O. The number of carbonyl (C=O) groups excluding carboxylic acids is 1. The Morgan fingerprint density at radius 3 is 2.54 bits per heavy atom. The predicted octanol–water partition coefficient (Wildman–Crippen LogP) is 4.23. The van der Waals surface area contributed by atoms with Crippen molar-refractivity contribution in [1.29, 1.82) is 0 Å². The quantitative estimate of drug-likeness (QED) is 0.728. The summed E-state index contributed by atoms with van der Waals surface area (Å²) in [4.78, 5) is 24.2. The fourth-order valence-electron chi connectivity index (χ4n) is 3.61. The summed E-state index contributed by atoms with van der Waals surface area (Å²) >= 11 is 0. The molecule has 0 aliphatic carbocycles. The zero-order valence-electron chi connectivity index (χ0n) is 16.0. The zero-order chi connectivity index (χ0) is 19.3. The molecule has 0 spiro atoms. The molecule has 1 N–H and O–H groups in total. The summed E-state index contributed by atoms with van der Waals surface area (Å²) < 4.78 is 0. The Labute approximate surface area is 165 Å². The number of hydrogen-bond acceptors (Lipinski definition) is 4. The number of benzene rings is 2. The van der Waals surface area contributed by atoms with Crippen LogP contribution in [0.15, 0.2) is 67.0 Å². The molecule has 28 heavy (non-hydrogen) atoms. The normalized spacial score (nSPS) is 14.7. The number of hydrogen-bond donors (Lipinski definition) is 1. The van der Waals surface area contributed by atoms with E-state index in [-0.39, 0.29) is 11.9 Å². The highest BCUT2D eigenvalue weighted by molar-refractivity contribution is 5.96. The third-order valence-corrected chi connectivity index (χ3v) is 5.13. The average Bonchev–Trinajstić information content (AvgIpc) is 3.29. The Balaban J connectivity index is 1.58. The largest absolute Gasteiger partial charge is 0.355 e. The van der Waals surface area contributed by atoms with Crippen molar-refractivity contribution >= 4 is 11.7 Å². The first-order valence-corrected chi connectivity index (χ1v) is 9.74. The van der Waals surface area contributed by atoms with Crippen LogP contribution < -0.4 is 10.2 Å². The van der Waals surface area contributed by atoms with Crippen molar-refractivity contribution in [3.8, 4) is 11.3 Å². The Kier molecular flexibility index (Phi) is 5.33. The zero-order valence-corrected chi connectivity index (χ0v) is 16.0. The first kappa shape index (κ1) is 18.2. The average molecular weight is 372 g/mol. The number of anilines is 1. The Morgan fingerprint density at radius 1 is 1.00 bits per heavy atom. The first-order valence-electron chi connectivity index (χ1n) is 9.74. The van der Waals surface area contributed by atoms with Gasteiger partial charge in [-0.25, -0.2) is 4.98 Å². The van der Waals surface area contributed by atoms with Gasteiger partial charge in [-0.1, -0.05) is 42.5 Å². The van der Waals surface area contributed by atoms with Crippen LogP contribution in [0.4, 0.5) is 5.82 Å². The lowest BCUT2D eigenvalue weighted by molar-refractivity contribution is 0.0940. The molecule has 1 aliphatic heterocycles. The molecule has 1 aliphatic rings. The van der Waals surface area contributed by atoms with Gasteiger partial charge in [0.15, 0.2) is 5.82 Å². The third-order valence-electron chi connectivity index (χ3n) is 5.13. The molecule has 2 aromatic carbocycles. The summed E-state index contributed by atoms with van der Waals surface area (Å²) in [7, 11) is 0. The molecule has 3 aromatic rings. The molecule has 2 heterocycles. The molecule has 0 bridgehead atoms. The molecule has 5 nitrogen and oxygen atoms in total. The maximum Gasteiger partial charge on any atom is 0.251 e. The number of aromatic nitrogens is 2. The monoisotopic (exact) mass is 372 g/mol. The van der Waals surface area contributed by atoms with E-state index in [9.17, 15) is 4.79 Å². The van der Waals surface area contributed by atoms with Crippen LogP contribution in [0.3, 0.4) is 0 Å². The van der Waals surface area contributed by atoms with Crippen LogP contribution >= 0.6 is 0 Å². The second kappa shape index (κ2) is 8.21. The van der Waals surface area contributed by atoms with E-state index < -0.39 is 0 Å². The van der Waals surface area contributed by atoms with Gasteiger partial charge < -0.3 is 10.2 Å². The molecule has 0 saturated carbocycles. The number of nitrogens with one attached hydrogen (secondary N) is 1. The van der Waals surface area contributed by atoms with Gasteiger partial charge in [0.1, 0.15) is 5.69 Å². The lowest BCUT2D eigenvalue weighted by Gasteiger charge is -2.19. The molecule has 1 fully saturated rings. The van der Waals surface area contributed by atoms with E-state index in [2.05, 4.69) is 20.2 Å². The summed E-state index contributed by atoms with van der Waals surface area (Å²) in [6.07, 6.45) is 5.79. The molecule has 0 unspecified atom stereocenters. The van der Waals surface area contributed by atoms with Crippen LogP contribution in [-0.2, 0) is 0 Å². The van der Waals surface area contributed by atoms with Crippen molar-refractivity contribution in [2.75, 3.05) is 18.0 Å². The summed E-state index contributed by atoms with van der Waals surface area (Å²) in [5.74, 6) is 0.806. The maximum atomic E-state index is 12.8. The number of amides is 1. The van der Waals surface area contributed by atoms with Gasteiger partial charge in [0, 0.05) is 36.6 Å². The molecule has 0 radical (unpaired) electrons. The molecule has 1 atom stereocenters. The van der Waals surface area contributed by atoms with Crippen molar-refractivity contribution < 1.29 is 4.79 Å². The molecular weight excluding hydrogens is 348 g/mol. The molecule has 142 valence electrons. The van der Waals surface area contributed by atoms with Crippen LogP contribution in [0.25, 0.3) is 11.3 Å². The summed E-state index contributed by atoms with van der Waals surface area (Å²) in [6.45, 7) is 3.99. The van der Waals surface area contributed by atoms with Gasteiger partial charge in [-0.15, -0.1) is 0 Å². The molecule has 1 saturated heterocycles. The minimum atomic E-state index is -0.0928. The van der Waals surface area contributed by atoms with Gasteiger partial charge in [-0.2, -0.15) is 0 Å². The fourth-order valence-corrected chi connectivity index (χ4v) is 3.61. The minimum absolute atomic E-state index is 0.0611. The minimum Gasteiger partial charge on any atom is -0.355 e. The van der Waals surface area contributed by atoms with Gasteiger partial charge in [0.2, 0.25) is 0 Å². The highest BCUT2D eigenvalue weighted by atomic mass is 16.1. The van der Waals surface area contributed by atoms with E-state index in [0.29, 0.717) is 5.56 Å². The third kappa shape index (κ3) is 3.88. The maximum absolute atomic E-state index is 12.8. The molecule has 1 aromatic heterocycles. The first-order chi connectivity index (χ1) is 13.7. The van der Waals surface area contributed by atoms with Gasteiger partial charge in [-0.05, 0) is 37.5 Å². The Bertz CT molecular complexity index is 952. The van der Waals surface area contributed by atoms with Crippen molar-refractivity contribution in [2.45, 2.75) is 25.8 Å².